The fraction of sp³-hybridized carbons (Fsp3) is 0.551. The highest BCUT2D eigenvalue weighted by atomic mass is 127. The number of halogens is 1. The van der Waals surface area contributed by atoms with Crippen LogP contribution in [0.5, 0.6) is 11.8 Å². The van der Waals surface area contributed by atoms with Gasteiger partial charge in [0, 0.05) is 143 Å². The predicted octanol–water partition coefficient (Wildman–Crippen LogP) is 10.7. The Bertz CT molecular complexity index is 4710. The third kappa shape index (κ3) is 22.0. The molecular weight excluding hydrogens is 1660 g/mol. The van der Waals surface area contributed by atoms with Crippen molar-refractivity contribution >= 4 is 117 Å². The van der Waals surface area contributed by atoms with E-state index >= 15 is 0 Å². The van der Waals surface area contributed by atoms with E-state index in [0.717, 1.165) is 101 Å². The summed E-state index contributed by atoms with van der Waals surface area (Å²) in [5.74, 6) is 4.76. The first-order valence-electron chi connectivity index (χ1n) is 39.5. The number of methoxy groups -OCH3 is 2. The average molecular weight is 1760 g/mol. The van der Waals surface area contributed by atoms with E-state index in [9.17, 15) is 14.4 Å². The molecule has 0 aromatic carbocycles. The number of nitrogens with zero attached hydrogens (tertiary/aromatic N) is 16. The first-order valence-corrected chi connectivity index (χ1v) is 43.2. The number of hydrogen-bond acceptors (Lipinski definition) is 30. The monoisotopic (exact) mass is 1760 g/mol. The number of morpholine rings is 3. The van der Waals surface area contributed by atoms with Gasteiger partial charge in [-0.1, -0.05) is 0 Å². The van der Waals surface area contributed by atoms with E-state index in [2.05, 4.69) is 73.5 Å². The van der Waals surface area contributed by atoms with E-state index in [-0.39, 0.29) is 54.2 Å². The number of carbonyl (C=O) groups excluding carboxylic acids is 2. The van der Waals surface area contributed by atoms with Gasteiger partial charge in [-0.3, -0.25) is 9.78 Å². The Balaban J connectivity index is 0.000000138. The molecule has 3 atom stereocenters. The molecular formula is C78H107BIN21O12S3. The molecule has 38 heteroatoms. The van der Waals surface area contributed by atoms with Crippen molar-refractivity contribution < 1.29 is 52.1 Å². The maximum absolute atomic E-state index is 13.2. The van der Waals surface area contributed by atoms with Gasteiger partial charge in [-0.2, -0.15) is 24.9 Å². The molecule has 7 aliphatic heterocycles. The number of amides is 2. The van der Waals surface area contributed by atoms with Crippen molar-refractivity contribution in [3.8, 4) is 49.7 Å². The van der Waals surface area contributed by atoms with Crippen LogP contribution in [0.4, 0.5) is 44.9 Å². The number of aromatic nitrogens is 12. The highest BCUT2D eigenvalue weighted by Gasteiger charge is 2.53. The maximum atomic E-state index is 13.2. The number of H-pyrrole nitrogens is 1. The highest BCUT2D eigenvalue weighted by Crippen LogP contribution is 2.40. The molecule has 2 amide bonds. The average Bonchev–Trinajstić information content (AvgIpc) is 1.64. The summed E-state index contributed by atoms with van der Waals surface area (Å²) in [5.41, 5.74) is 1.53. The summed E-state index contributed by atoms with van der Waals surface area (Å²) in [6.07, 6.45) is 17.0. The number of nitrogens with one attached hydrogen (secondary N) is 5. The maximum Gasteiger partial charge on any atom is 0.515 e. The summed E-state index contributed by atoms with van der Waals surface area (Å²) in [4.78, 5) is 89.2. The number of carbonyl (C=O) groups is 2. The smallest absolute Gasteiger partial charge is 0.480 e. The van der Waals surface area contributed by atoms with Gasteiger partial charge in [-0.05, 0) is 173 Å². The van der Waals surface area contributed by atoms with Crippen LogP contribution >= 0.6 is 56.6 Å². The molecule has 33 nitrogen and oxygen atoms in total. The number of piperidine rings is 3. The molecule has 7 saturated heterocycles. The molecule has 16 rings (SSSR count). The van der Waals surface area contributed by atoms with E-state index < -0.39 is 11.2 Å². The molecule has 16 heterocycles. The first kappa shape index (κ1) is 85.2. The Morgan fingerprint density at radius 1 is 0.526 bits per heavy atom. The van der Waals surface area contributed by atoms with Crippen molar-refractivity contribution in [2.75, 3.05) is 163 Å². The molecule has 0 unspecified atom stereocenters. The van der Waals surface area contributed by atoms with Crippen LogP contribution in [0.2, 0.25) is 0 Å². The number of anilines is 6. The van der Waals surface area contributed by atoms with Crippen molar-refractivity contribution in [3.63, 3.8) is 0 Å². The molecule has 9 aromatic heterocycles. The summed E-state index contributed by atoms with van der Waals surface area (Å²) in [6, 6.07) is 12.1. The summed E-state index contributed by atoms with van der Waals surface area (Å²) < 4.78 is 57.5. The van der Waals surface area contributed by atoms with Crippen LogP contribution in [0.25, 0.3) is 37.9 Å². The first-order chi connectivity index (χ1) is 55.7. The largest absolute Gasteiger partial charge is 0.515 e. The third-order valence-corrected chi connectivity index (χ3v) is 23.9. The van der Waals surface area contributed by atoms with Crippen LogP contribution in [-0.2, 0) is 33.0 Å². The lowest BCUT2D eigenvalue weighted by Gasteiger charge is -2.35. The summed E-state index contributed by atoms with van der Waals surface area (Å²) >= 11 is 6.82. The van der Waals surface area contributed by atoms with E-state index in [1.165, 1.54) is 22.7 Å². The number of thiazole rings is 3. The van der Waals surface area contributed by atoms with Crippen molar-refractivity contribution in [1.29, 1.82) is 0 Å². The molecule has 5 N–H and O–H groups in total. The lowest BCUT2D eigenvalue weighted by Crippen LogP contribution is -2.47. The minimum Gasteiger partial charge on any atom is -0.480 e. The minimum absolute atomic E-state index is 0.0188. The zero-order valence-electron chi connectivity index (χ0n) is 68.1. The fourth-order valence-corrected chi connectivity index (χ4v) is 16.6. The van der Waals surface area contributed by atoms with Crippen LogP contribution in [0.15, 0.2) is 94.5 Å². The second-order valence-corrected chi connectivity index (χ2v) is 35.4. The van der Waals surface area contributed by atoms with Gasteiger partial charge in [0.05, 0.1) is 82.0 Å². The number of likely N-dealkylation sites (tertiary alicyclic amines) is 2. The van der Waals surface area contributed by atoms with Gasteiger partial charge in [0.15, 0.2) is 15.4 Å². The van der Waals surface area contributed by atoms with Crippen molar-refractivity contribution in [3.05, 3.63) is 104 Å². The minimum atomic E-state index is -0.542. The van der Waals surface area contributed by atoms with Crippen molar-refractivity contribution in [2.24, 2.45) is 0 Å². The van der Waals surface area contributed by atoms with E-state index in [1.54, 1.807) is 35.4 Å². The van der Waals surface area contributed by atoms with Crippen LogP contribution in [-0.4, -0.2) is 261 Å². The van der Waals surface area contributed by atoms with Gasteiger partial charge in [-0.25, -0.2) is 24.5 Å². The quantitative estimate of drug-likeness (QED) is 0.0418. The lowest BCUT2D eigenvalue weighted by molar-refractivity contribution is 0.00578. The van der Waals surface area contributed by atoms with Gasteiger partial charge < -0.3 is 102 Å². The molecule has 9 aromatic rings. The van der Waals surface area contributed by atoms with Crippen LogP contribution < -0.4 is 56.6 Å². The lowest BCUT2D eigenvalue weighted by atomic mass is 9.86. The standard InChI is InChI=1S/C26H35N7O4S.C20H25N7O2S.C19H30IN5O4.C13H17BN2O2S/c1-26(2,3)37-25(34)33-11-7-8-18(16-33)27-21-20(19-17-38-24(28-19)32-9-5-6-10-32)22(35-4)30-23(29-21)31-12-14-36-15-13-31;28-18-16(15-13-30-20(23-15)27-6-1-2-7-27)17(22-14-4-3-5-21-12-14)24-19(25-18)26-8-10-29-11-9-26;1-19(2,3)29-18(26)25-7-5-6-13(12-25)21-15-14(20)16(27-4)23-17(22-15)24-8-10-28-11-9-24;1-12(2)13(3,4)18-14(17-12)10-9-19-11(15-10)16-7-5-6-8-16/h5-6,9-10,17-18H,7-8,11-16H2,1-4H3,(H,27,29,30);1-2,6-7,13-14,21H,3-5,8-12H2,(H2,22,24,25,28);13H,5-12H2,1-4H3,(H,21,22,23);5-9H,1-4H3/t18-;14-;13-;/m111./s1. The second-order valence-electron chi connectivity index (χ2n) is 31.8. The molecule has 0 aliphatic carbocycles. The Labute approximate surface area is 702 Å². The fourth-order valence-electron chi connectivity index (χ4n) is 13.7. The van der Waals surface area contributed by atoms with Crippen LogP contribution in [0, 0.1) is 3.57 Å². The van der Waals surface area contributed by atoms with Crippen LogP contribution in [0.1, 0.15) is 108 Å². The Morgan fingerprint density at radius 2 is 0.948 bits per heavy atom. The summed E-state index contributed by atoms with van der Waals surface area (Å²) in [5, 5.41) is 22.5. The second kappa shape index (κ2) is 38.3. The molecule has 7 fully saturated rings. The molecule has 7 aliphatic rings. The molecule has 116 heavy (non-hydrogen) atoms. The molecule has 624 valence electrons. The van der Waals surface area contributed by atoms with E-state index in [1.807, 2.05) is 173 Å². The highest BCUT2D eigenvalue weighted by molar-refractivity contribution is 14.1. The number of rotatable bonds is 17. The Morgan fingerprint density at radius 3 is 1.42 bits per heavy atom. The van der Waals surface area contributed by atoms with Crippen LogP contribution in [0.3, 0.4) is 0 Å². The van der Waals surface area contributed by atoms with Gasteiger partial charge in [0.2, 0.25) is 29.6 Å². The topological polar surface area (TPSA) is 332 Å². The van der Waals surface area contributed by atoms with Crippen molar-refractivity contribution in [1.82, 2.24) is 73.7 Å². The Kier molecular flexibility index (Phi) is 28.1. The molecule has 0 saturated carbocycles. The zero-order chi connectivity index (χ0) is 81.7. The Hall–Kier alpha value is -8.74. The SMILES string of the molecule is CC1(C)OB(c2csc(-n3cccc3)n2)OC1(C)C.COc1nc(N2CCOCC2)nc(N[C@@H]2CCCN(C(=O)OC(C)(C)C)C2)c1-c1csc(-n2cccc2)n1.COc1nc(N2CCOCC2)nc(N[C@@H]2CCCN(C(=O)OC(C)(C)C)C2)c1I.O=c1[nH]c(N2CCOCC2)nc(N[C@@H]2CCCNC2)c1-c1csc(-n2cccc2)n1. The van der Waals surface area contributed by atoms with Crippen molar-refractivity contribution in [2.45, 2.75) is 148 Å². The summed E-state index contributed by atoms with van der Waals surface area (Å²) in [6.45, 7) is 32.0. The van der Waals surface area contributed by atoms with Gasteiger partial charge in [-0.15, -0.1) is 34.0 Å². The van der Waals surface area contributed by atoms with Gasteiger partial charge in [0.1, 0.15) is 43.4 Å². The number of ether oxygens (including phenoxy) is 7. The molecule has 0 bridgehead atoms. The van der Waals surface area contributed by atoms with E-state index in [4.69, 9.17) is 72.4 Å². The number of aromatic amines is 1. The summed E-state index contributed by atoms with van der Waals surface area (Å²) in [7, 11) is 2.84. The molecule has 0 spiro atoms. The molecule has 0 radical (unpaired) electrons. The predicted molar refractivity (Wildman–Crippen MR) is 460 cm³/mol. The third-order valence-electron chi connectivity index (χ3n) is 20.3. The van der Waals surface area contributed by atoms with E-state index in [0.29, 0.717) is 150 Å². The van der Waals surface area contributed by atoms with Gasteiger partial charge in [0.25, 0.3) is 5.56 Å². The normalized spacial score (nSPS) is 19.6. The number of hydrogen-bond donors (Lipinski definition) is 5. The van der Waals surface area contributed by atoms with Gasteiger partial charge >= 0.3 is 19.3 Å². The zero-order valence-corrected chi connectivity index (χ0v) is 72.7.